The predicted octanol–water partition coefficient (Wildman–Crippen LogP) is 5.04. The van der Waals surface area contributed by atoms with E-state index in [0.29, 0.717) is 17.4 Å². The lowest BCUT2D eigenvalue weighted by atomic mass is 10.1. The van der Waals surface area contributed by atoms with Crippen LogP contribution in [0.2, 0.25) is 0 Å². The van der Waals surface area contributed by atoms with Gasteiger partial charge in [0.2, 0.25) is 0 Å². The quantitative estimate of drug-likeness (QED) is 0.609. The highest BCUT2D eigenvalue weighted by atomic mass is 32.1. The van der Waals surface area contributed by atoms with Gasteiger partial charge in [-0.3, -0.25) is 9.78 Å². The molecule has 1 amide bonds. The zero-order chi connectivity index (χ0) is 20.1. The molecule has 0 saturated carbocycles. The third-order valence-corrected chi connectivity index (χ3v) is 5.83. The number of hydrogen-bond donors (Lipinski definition) is 1. The molecule has 3 rings (SSSR count). The molecule has 0 aliphatic rings. The normalized spacial score (nSPS) is 12.0. The van der Waals surface area contributed by atoms with E-state index < -0.39 is 0 Å². The highest BCUT2D eigenvalue weighted by Gasteiger charge is 2.19. The predicted molar refractivity (Wildman–Crippen MR) is 112 cm³/mol. The number of rotatable bonds is 7. The molecular weight excluding hydrogens is 370 g/mol. The van der Waals surface area contributed by atoms with Crippen LogP contribution in [0, 0.1) is 6.92 Å². The minimum absolute atomic E-state index is 0.0775. The van der Waals surface area contributed by atoms with Crippen LogP contribution in [0.15, 0.2) is 48.8 Å². The molecule has 1 aromatic carbocycles. The lowest BCUT2D eigenvalue weighted by Crippen LogP contribution is -2.26. The third-order valence-electron chi connectivity index (χ3n) is 4.37. The molecule has 6 heteroatoms. The molecule has 146 valence electrons. The lowest BCUT2D eigenvalue weighted by Gasteiger charge is -2.15. The molecule has 2 heterocycles. The maximum atomic E-state index is 12.6. The van der Waals surface area contributed by atoms with Crippen molar-refractivity contribution in [2.45, 2.75) is 46.3 Å². The summed E-state index contributed by atoms with van der Waals surface area (Å²) in [5.41, 5.74) is 2.83. The van der Waals surface area contributed by atoms with Gasteiger partial charge in [-0.25, -0.2) is 4.98 Å². The van der Waals surface area contributed by atoms with E-state index in [1.807, 2.05) is 50.2 Å². The van der Waals surface area contributed by atoms with Crippen molar-refractivity contribution in [2.75, 3.05) is 0 Å². The minimum Gasteiger partial charge on any atom is -0.489 e. The van der Waals surface area contributed by atoms with E-state index in [1.165, 1.54) is 11.3 Å². The molecule has 0 radical (unpaired) electrons. The topological polar surface area (TPSA) is 64.1 Å². The Morgan fingerprint density at radius 3 is 2.54 bits per heavy atom. The molecule has 0 aliphatic heterocycles. The Morgan fingerprint density at radius 1 is 1.18 bits per heavy atom. The average Bonchev–Trinajstić information content (AvgIpc) is 3.10. The Bertz CT molecular complexity index is 921. The first-order valence-electron chi connectivity index (χ1n) is 9.34. The third kappa shape index (κ3) is 4.95. The monoisotopic (exact) mass is 395 g/mol. The highest BCUT2D eigenvalue weighted by Crippen LogP contribution is 2.25. The van der Waals surface area contributed by atoms with Crippen LogP contribution < -0.4 is 10.1 Å². The molecule has 0 fully saturated rings. The Morgan fingerprint density at radius 2 is 1.93 bits per heavy atom. The summed E-state index contributed by atoms with van der Waals surface area (Å²) in [6.45, 7) is 8.50. The van der Waals surface area contributed by atoms with E-state index in [4.69, 9.17) is 4.74 Å². The molecule has 0 saturated heterocycles. The van der Waals surface area contributed by atoms with Crippen molar-refractivity contribution in [3.8, 4) is 5.75 Å². The molecule has 0 aliphatic carbocycles. The second-order valence-electron chi connectivity index (χ2n) is 7.04. The zero-order valence-corrected chi connectivity index (χ0v) is 17.4. The number of thiazole rings is 1. The van der Waals surface area contributed by atoms with Gasteiger partial charge in [0, 0.05) is 23.9 Å². The second-order valence-corrected chi connectivity index (χ2v) is 8.07. The van der Waals surface area contributed by atoms with Crippen LogP contribution in [0.4, 0.5) is 0 Å². The largest absolute Gasteiger partial charge is 0.489 e. The summed E-state index contributed by atoms with van der Waals surface area (Å²) < 4.78 is 5.78. The SMILES string of the molecule is Cc1nc(C(C)C)sc1C(=O)NC(C)c1ccc(OCc2cccnc2)cc1. The Labute approximate surface area is 169 Å². The van der Waals surface area contributed by atoms with Crippen LogP contribution in [-0.4, -0.2) is 15.9 Å². The van der Waals surface area contributed by atoms with Gasteiger partial charge in [-0.05, 0) is 37.6 Å². The number of ether oxygens (including phenoxy) is 1. The summed E-state index contributed by atoms with van der Waals surface area (Å²) in [6, 6.07) is 11.5. The van der Waals surface area contributed by atoms with E-state index in [-0.39, 0.29) is 11.9 Å². The highest BCUT2D eigenvalue weighted by molar-refractivity contribution is 7.13. The smallest absolute Gasteiger partial charge is 0.263 e. The molecular formula is C22H25N3O2S. The minimum atomic E-state index is -0.108. The molecule has 5 nitrogen and oxygen atoms in total. The first-order valence-corrected chi connectivity index (χ1v) is 10.2. The summed E-state index contributed by atoms with van der Waals surface area (Å²) in [7, 11) is 0. The van der Waals surface area contributed by atoms with Crippen molar-refractivity contribution < 1.29 is 9.53 Å². The van der Waals surface area contributed by atoms with Crippen molar-refractivity contribution in [1.82, 2.24) is 15.3 Å². The van der Waals surface area contributed by atoms with Crippen molar-refractivity contribution in [1.29, 1.82) is 0 Å². The van der Waals surface area contributed by atoms with Gasteiger partial charge in [0.15, 0.2) is 0 Å². The van der Waals surface area contributed by atoms with Crippen LogP contribution in [0.1, 0.15) is 64.2 Å². The number of hydrogen-bond acceptors (Lipinski definition) is 5. The molecule has 0 spiro atoms. The molecule has 1 atom stereocenters. The van der Waals surface area contributed by atoms with Gasteiger partial charge in [-0.15, -0.1) is 11.3 Å². The first-order chi connectivity index (χ1) is 13.4. The van der Waals surface area contributed by atoms with Crippen LogP contribution in [0.5, 0.6) is 5.75 Å². The van der Waals surface area contributed by atoms with E-state index in [1.54, 1.807) is 12.4 Å². The standard InChI is InChI=1S/C22H25N3O2S/c1-14(2)22-25-16(4)20(28-22)21(26)24-15(3)18-7-9-19(10-8-18)27-13-17-6-5-11-23-12-17/h5-12,14-15H,13H2,1-4H3,(H,24,26). The van der Waals surface area contributed by atoms with Crippen LogP contribution >= 0.6 is 11.3 Å². The van der Waals surface area contributed by atoms with Gasteiger partial charge in [0.25, 0.3) is 5.91 Å². The van der Waals surface area contributed by atoms with Crippen LogP contribution in [0.25, 0.3) is 0 Å². The summed E-state index contributed by atoms with van der Waals surface area (Å²) in [6.07, 6.45) is 3.53. The van der Waals surface area contributed by atoms with E-state index >= 15 is 0 Å². The fraction of sp³-hybridized carbons (Fsp3) is 0.318. The van der Waals surface area contributed by atoms with Crippen molar-refractivity contribution in [3.63, 3.8) is 0 Å². The van der Waals surface area contributed by atoms with Crippen molar-refractivity contribution in [3.05, 3.63) is 75.5 Å². The van der Waals surface area contributed by atoms with Gasteiger partial charge in [-0.2, -0.15) is 0 Å². The number of aromatic nitrogens is 2. The number of nitrogens with one attached hydrogen (secondary N) is 1. The maximum Gasteiger partial charge on any atom is 0.263 e. The fourth-order valence-electron chi connectivity index (χ4n) is 2.72. The maximum absolute atomic E-state index is 12.6. The van der Waals surface area contributed by atoms with Crippen molar-refractivity contribution >= 4 is 17.2 Å². The van der Waals surface area contributed by atoms with Gasteiger partial charge in [0.05, 0.1) is 16.7 Å². The van der Waals surface area contributed by atoms with E-state index in [9.17, 15) is 4.79 Å². The second kappa shape index (κ2) is 8.97. The molecule has 1 N–H and O–H groups in total. The first kappa shape index (κ1) is 20.0. The molecule has 2 aromatic heterocycles. The number of amides is 1. The van der Waals surface area contributed by atoms with Crippen molar-refractivity contribution in [2.24, 2.45) is 0 Å². The number of carbonyl (C=O) groups excluding carboxylic acids is 1. The van der Waals surface area contributed by atoms with Gasteiger partial charge < -0.3 is 10.1 Å². The van der Waals surface area contributed by atoms with Gasteiger partial charge in [-0.1, -0.05) is 32.0 Å². The van der Waals surface area contributed by atoms with Gasteiger partial charge in [0.1, 0.15) is 17.2 Å². The number of pyridine rings is 1. The molecule has 1 unspecified atom stereocenters. The fourth-order valence-corrected chi connectivity index (χ4v) is 3.70. The van der Waals surface area contributed by atoms with Gasteiger partial charge >= 0.3 is 0 Å². The summed E-state index contributed by atoms with van der Waals surface area (Å²) in [5, 5.41) is 4.06. The average molecular weight is 396 g/mol. The Balaban J connectivity index is 1.59. The van der Waals surface area contributed by atoms with Crippen LogP contribution in [0.3, 0.4) is 0 Å². The van der Waals surface area contributed by atoms with E-state index in [2.05, 4.69) is 29.1 Å². The Hall–Kier alpha value is -2.73. The summed E-state index contributed by atoms with van der Waals surface area (Å²) in [5.74, 6) is 1.03. The zero-order valence-electron chi connectivity index (χ0n) is 16.6. The molecule has 0 bridgehead atoms. The number of carbonyl (C=O) groups is 1. The molecule has 28 heavy (non-hydrogen) atoms. The summed E-state index contributed by atoms with van der Waals surface area (Å²) >= 11 is 1.47. The Kier molecular flexibility index (Phi) is 6.41. The lowest BCUT2D eigenvalue weighted by molar-refractivity contribution is 0.0943. The van der Waals surface area contributed by atoms with Crippen LogP contribution in [-0.2, 0) is 6.61 Å². The van der Waals surface area contributed by atoms with E-state index in [0.717, 1.165) is 27.6 Å². The number of benzene rings is 1. The summed E-state index contributed by atoms with van der Waals surface area (Å²) in [4.78, 5) is 21.9. The number of nitrogens with zero attached hydrogens (tertiary/aromatic N) is 2. The molecule has 3 aromatic rings. The number of aryl methyl sites for hydroxylation is 1.